The van der Waals surface area contributed by atoms with Crippen LogP contribution in [0.2, 0.25) is 0 Å². The van der Waals surface area contributed by atoms with Gasteiger partial charge in [0.05, 0.1) is 18.5 Å². The quantitative estimate of drug-likeness (QED) is 0.322. The number of rotatable bonds is 7. The predicted molar refractivity (Wildman–Crippen MR) is 144 cm³/mol. The van der Waals surface area contributed by atoms with Crippen LogP contribution in [0.5, 0.6) is 0 Å². The Hall–Kier alpha value is -4.20. The number of hydrogen-bond acceptors (Lipinski definition) is 6. The van der Waals surface area contributed by atoms with E-state index in [2.05, 4.69) is 34.6 Å². The first-order valence-electron chi connectivity index (χ1n) is 13.0. The highest BCUT2D eigenvalue weighted by atomic mass is 16.6. The van der Waals surface area contributed by atoms with Crippen molar-refractivity contribution in [2.75, 3.05) is 13.2 Å². The van der Waals surface area contributed by atoms with Crippen molar-refractivity contribution in [3.8, 4) is 0 Å². The van der Waals surface area contributed by atoms with Gasteiger partial charge in [-0.3, -0.25) is 4.79 Å². The zero-order chi connectivity index (χ0) is 26.6. The van der Waals surface area contributed by atoms with Crippen LogP contribution in [0.25, 0.3) is 11.0 Å². The Morgan fingerprint density at radius 3 is 2.63 bits per heavy atom. The molecule has 0 N–H and O–H groups in total. The number of benzene rings is 3. The molecule has 0 spiro atoms. The maximum atomic E-state index is 12.8. The van der Waals surface area contributed by atoms with Crippen LogP contribution in [-0.4, -0.2) is 45.1 Å². The third kappa shape index (κ3) is 5.25. The van der Waals surface area contributed by atoms with E-state index in [9.17, 15) is 9.59 Å². The van der Waals surface area contributed by atoms with E-state index in [0.717, 1.165) is 45.3 Å². The predicted octanol–water partition coefficient (Wildman–Crippen LogP) is 5.06. The lowest BCUT2D eigenvalue weighted by molar-refractivity contribution is -0.143. The third-order valence-electron chi connectivity index (χ3n) is 7.24. The zero-order valence-electron chi connectivity index (χ0n) is 22.0. The summed E-state index contributed by atoms with van der Waals surface area (Å²) in [7, 11) is 1.87. The molecule has 8 nitrogen and oxygen atoms in total. The smallest absolute Gasteiger partial charge is 0.410 e. The molecule has 0 bridgehead atoms. The van der Waals surface area contributed by atoms with Crippen LogP contribution < -0.4 is 0 Å². The number of carbonyl (C=O) groups excluding carboxylic acids is 2. The van der Waals surface area contributed by atoms with Gasteiger partial charge >= 0.3 is 12.1 Å². The highest BCUT2D eigenvalue weighted by Crippen LogP contribution is 2.35. The summed E-state index contributed by atoms with van der Waals surface area (Å²) in [5.74, 6) is -0.467. The van der Waals surface area contributed by atoms with Crippen LogP contribution in [0.3, 0.4) is 0 Å². The van der Waals surface area contributed by atoms with Crippen molar-refractivity contribution in [2.24, 2.45) is 7.05 Å². The Labute approximate surface area is 222 Å². The molecule has 1 atom stereocenters. The minimum Gasteiger partial charge on any atom is -0.466 e. The normalized spacial score (nSPS) is 13.7. The number of carbonyl (C=O) groups is 2. The van der Waals surface area contributed by atoms with Crippen molar-refractivity contribution in [1.29, 1.82) is 0 Å². The van der Waals surface area contributed by atoms with Gasteiger partial charge in [0.2, 0.25) is 0 Å². The Morgan fingerprint density at radius 1 is 1.03 bits per heavy atom. The van der Waals surface area contributed by atoms with E-state index in [0.29, 0.717) is 19.7 Å². The second kappa shape index (κ2) is 11.0. The summed E-state index contributed by atoms with van der Waals surface area (Å²) in [6.07, 6.45) is 0.641. The Balaban J connectivity index is 1.41. The molecule has 3 aromatic carbocycles. The molecule has 196 valence electrons. The van der Waals surface area contributed by atoms with E-state index < -0.39 is 0 Å². The maximum Gasteiger partial charge on any atom is 0.410 e. The van der Waals surface area contributed by atoms with Crippen LogP contribution >= 0.6 is 0 Å². The van der Waals surface area contributed by atoms with Gasteiger partial charge in [0.15, 0.2) is 0 Å². The molecule has 0 saturated carbocycles. The Bertz CT molecular complexity index is 1460. The molecule has 1 aliphatic heterocycles. The van der Waals surface area contributed by atoms with Crippen LogP contribution in [0.4, 0.5) is 4.79 Å². The molecule has 1 aliphatic rings. The fraction of sp³-hybridized carbons (Fsp3) is 0.333. The van der Waals surface area contributed by atoms with Crippen LogP contribution in [0.15, 0.2) is 60.7 Å². The summed E-state index contributed by atoms with van der Waals surface area (Å²) in [6, 6.07) is 20.1. The summed E-state index contributed by atoms with van der Waals surface area (Å²) in [6.45, 7) is 5.48. The number of aromatic nitrogens is 3. The zero-order valence-corrected chi connectivity index (χ0v) is 22.0. The lowest BCUT2D eigenvalue weighted by Gasteiger charge is -2.29. The van der Waals surface area contributed by atoms with Crippen molar-refractivity contribution in [1.82, 2.24) is 19.9 Å². The summed E-state index contributed by atoms with van der Waals surface area (Å²) in [4.78, 5) is 27.3. The molecule has 38 heavy (non-hydrogen) atoms. The fourth-order valence-electron chi connectivity index (χ4n) is 5.18. The number of hydrogen-bond donors (Lipinski definition) is 0. The molecule has 1 aromatic heterocycles. The highest BCUT2D eigenvalue weighted by molar-refractivity contribution is 5.80. The van der Waals surface area contributed by atoms with E-state index in [1.807, 2.05) is 57.3 Å². The minimum absolute atomic E-state index is 0.210. The fourth-order valence-corrected chi connectivity index (χ4v) is 5.18. The lowest BCUT2D eigenvalue weighted by Crippen LogP contribution is -2.36. The van der Waals surface area contributed by atoms with Gasteiger partial charge in [-0.2, -0.15) is 0 Å². The molecule has 1 unspecified atom stereocenters. The van der Waals surface area contributed by atoms with Gasteiger partial charge in [-0.15, -0.1) is 5.10 Å². The van der Waals surface area contributed by atoms with Gasteiger partial charge in [0.25, 0.3) is 0 Å². The second-order valence-corrected chi connectivity index (χ2v) is 9.66. The number of amides is 1. The lowest BCUT2D eigenvalue weighted by atomic mass is 9.83. The first kappa shape index (κ1) is 25.4. The molecule has 8 heteroatoms. The summed E-state index contributed by atoms with van der Waals surface area (Å²) < 4.78 is 12.7. The van der Waals surface area contributed by atoms with E-state index in [4.69, 9.17) is 9.47 Å². The Morgan fingerprint density at radius 2 is 1.84 bits per heavy atom. The summed E-state index contributed by atoms with van der Waals surface area (Å²) in [5.41, 5.74) is 8.00. The maximum absolute atomic E-state index is 12.8. The van der Waals surface area contributed by atoms with Crippen LogP contribution in [-0.2, 0) is 40.9 Å². The molecule has 0 aliphatic carbocycles. The summed E-state index contributed by atoms with van der Waals surface area (Å²) >= 11 is 0. The van der Waals surface area contributed by atoms with Gasteiger partial charge in [0, 0.05) is 26.1 Å². The highest BCUT2D eigenvalue weighted by Gasteiger charge is 2.26. The molecule has 5 rings (SSSR count). The monoisotopic (exact) mass is 512 g/mol. The molecular weight excluding hydrogens is 480 g/mol. The number of aryl methyl sites for hydroxylation is 2. The number of ether oxygens (including phenoxy) is 2. The molecule has 2 heterocycles. The molecule has 0 saturated heterocycles. The van der Waals surface area contributed by atoms with Gasteiger partial charge in [-0.05, 0) is 59.7 Å². The van der Waals surface area contributed by atoms with Crippen molar-refractivity contribution in [3.63, 3.8) is 0 Å². The second-order valence-electron chi connectivity index (χ2n) is 9.66. The van der Waals surface area contributed by atoms with Gasteiger partial charge in [-0.25, -0.2) is 9.48 Å². The van der Waals surface area contributed by atoms with Crippen LogP contribution in [0.1, 0.15) is 52.6 Å². The summed E-state index contributed by atoms with van der Waals surface area (Å²) in [5, 5.41) is 8.51. The van der Waals surface area contributed by atoms with Gasteiger partial charge in [0.1, 0.15) is 12.1 Å². The minimum atomic E-state index is -0.322. The molecule has 1 amide bonds. The average molecular weight is 513 g/mol. The topological polar surface area (TPSA) is 86.6 Å². The number of esters is 1. The van der Waals surface area contributed by atoms with Gasteiger partial charge in [-0.1, -0.05) is 59.8 Å². The Kier molecular flexibility index (Phi) is 7.40. The molecular formula is C30H32N4O4. The number of nitrogens with zero attached hydrogens (tertiary/aromatic N) is 4. The van der Waals surface area contributed by atoms with E-state index in [1.54, 1.807) is 9.58 Å². The van der Waals surface area contributed by atoms with E-state index in [-0.39, 0.29) is 31.0 Å². The van der Waals surface area contributed by atoms with Crippen molar-refractivity contribution < 1.29 is 19.1 Å². The van der Waals surface area contributed by atoms with Gasteiger partial charge < -0.3 is 14.4 Å². The largest absolute Gasteiger partial charge is 0.466 e. The van der Waals surface area contributed by atoms with E-state index in [1.165, 1.54) is 5.56 Å². The standard InChI is InChI=1S/C30H32N4O4/c1-4-37-28(35)17-26(25-12-13-27-29(20(25)2)31-32-33(27)3)23-11-10-22-14-15-34(18-24(22)16-23)30(36)38-19-21-8-6-5-7-9-21/h5-13,16,26H,4,14-15,17-19H2,1-3H3. The molecule has 0 radical (unpaired) electrons. The first-order chi connectivity index (χ1) is 18.4. The van der Waals surface area contributed by atoms with E-state index >= 15 is 0 Å². The molecule has 0 fully saturated rings. The van der Waals surface area contributed by atoms with Crippen LogP contribution in [0, 0.1) is 6.92 Å². The van der Waals surface area contributed by atoms with Crippen molar-refractivity contribution in [2.45, 2.75) is 45.8 Å². The molecule has 4 aromatic rings. The first-order valence-corrected chi connectivity index (χ1v) is 13.0. The SMILES string of the molecule is CCOC(=O)CC(c1ccc2c(c1)CN(C(=O)OCc1ccccc1)CC2)c1ccc2c(nnn2C)c1C. The number of fused-ring (bicyclic) bond motifs is 2. The average Bonchev–Trinajstić information content (AvgIpc) is 3.32. The van der Waals surface area contributed by atoms with Crippen molar-refractivity contribution >= 4 is 23.1 Å². The third-order valence-corrected chi connectivity index (χ3v) is 7.24. The van der Waals surface area contributed by atoms with Crippen molar-refractivity contribution in [3.05, 3.63) is 94.0 Å².